The van der Waals surface area contributed by atoms with Gasteiger partial charge in [0.05, 0.1) is 6.04 Å². The van der Waals surface area contributed by atoms with E-state index in [-0.39, 0.29) is 5.41 Å². The van der Waals surface area contributed by atoms with Crippen molar-refractivity contribution in [3.8, 4) is 0 Å². The Hall–Kier alpha value is -1.57. The van der Waals surface area contributed by atoms with Gasteiger partial charge in [0, 0.05) is 28.8 Å². The van der Waals surface area contributed by atoms with Gasteiger partial charge in [-0.1, -0.05) is 18.2 Å². The number of benzene rings is 1. The van der Waals surface area contributed by atoms with Crippen molar-refractivity contribution in [1.29, 1.82) is 0 Å². The second-order valence-corrected chi connectivity index (χ2v) is 5.90. The number of carbonyl (C=O) groups is 1. The summed E-state index contributed by atoms with van der Waals surface area (Å²) in [4.78, 5) is 14.6. The fraction of sp³-hybridized carbons (Fsp3) is 0.438. The van der Waals surface area contributed by atoms with Gasteiger partial charge in [0.2, 0.25) is 0 Å². The lowest BCUT2D eigenvalue weighted by Crippen LogP contribution is -2.42. The van der Waals surface area contributed by atoms with Crippen LogP contribution in [0.1, 0.15) is 38.7 Å². The summed E-state index contributed by atoms with van der Waals surface area (Å²) in [6, 6.07) is 9.09. The van der Waals surface area contributed by atoms with Gasteiger partial charge < -0.3 is 4.90 Å². The van der Waals surface area contributed by atoms with Crippen LogP contribution in [0.15, 0.2) is 35.5 Å². The van der Waals surface area contributed by atoms with Gasteiger partial charge in [-0.05, 0) is 38.3 Å². The van der Waals surface area contributed by atoms with Crippen LogP contribution in [0.4, 0.5) is 5.69 Å². The molecule has 0 saturated heterocycles. The number of rotatable bonds is 0. The van der Waals surface area contributed by atoms with Crippen LogP contribution in [0.5, 0.6) is 0 Å². The largest absolute Gasteiger partial charge is 0.340 e. The molecule has 1 unspecified atom stereocenters. The lowest BCUT2D eigenvalue weighted by molar-refractivity contribution is -0.116. The minimum atomic E-state index is 0.286. The molecule has 2 aliphatic heterocycles. The summed E-state index contributed by atoms with van der Waals surface area (Å²) in [5, 5.41) is 0. The van der Waals surface area contributed by atoms with Crippen molar-refractivity contribution >= 4 is 11.5 Å². The number of Topliss-reactive ketones (excluding diaryl/α,β-unsaturated/α-hetero) is 1. The number of para-hydroxylation sites is 1. The molecular formula is C16H17NO. The monoisotopic (exact) mass is 239 g/mol. The van der Waals surface area contributed by atoms with Crippen LogP contribution in [0, 0.1) is 0 Å². The summed E-state index contributed by atoms with van der Waals surface area (Å²) in [6.45, 7) is 4.06. The molecule has 4 rings (SSSR count). The number of ketones is 1. The van der Waals surface area contributed by atoms with Crippen LogP contribution in [0.2, 0.25) is 0 Å². The SMILES string of the molecule is CC1=C(C)N2c3ccccc3C3(CC3)C2CC1=O. The van der Waals surface area contributed by atoms with Gasteiger partial charge in [-0.25, -0.2) is 0 Å². The highest BCUT2D eigenvalue weighted by atomic mass is 16.1. The van der Waals surface area contributed by atoms with E-state index in [4.69, 9.17) is 0 Å². The van der Waals surface area contributed by atoms with Crippen molar-refractivity contribution in [2.75, 3.05) is 4.90 Å². The number of hydrogen-bond acceptors (Lipinski definition) is 2. The Morgan fingerprint density at radius 2 is 1.94 bits per heavy atom. The lowest BCUT2D eigenvalue weighted by atomic mass is 9.85. The predicted molar refractivity (Wildman–Crippen MR) is 71.6 cm³/mol. The molecule has 0 radical (unpaired) electrons. The maximum Gasteiger partial charge on any atom is 0.162 e. The van der Waals surface area contributed by atoms with Gasteiger partial charge in [-0.2, -0.15) is 0 Å². The van der Waals surface area contributed by atoms with Crippen molar-refractivity contribution in [3.05, 3.63) is 41.1 Å². The maximum absolute atomic E-state index is 12.1. The number of anilines is 1. The zero-order valence-corrected chi connectivity index (χ0v) is 10.9. The molecule has 0 aromatic heterocycles. The summed E-state index contributed by atoms with van der Waals surface area (Å²) in [5.74, 6) is 0.341. The van der Waals surface area contributed by atoms with Gasteiger partial charge >= 0.3 is 0 Å². The van der Waals surface area contributed by atoms with Gasteiger partial charge in [0.1, 0.15) is 0 Å². The first-order chi connectivity index (χ1) is 8.65. The van der Waals surface area contributed by atoms with E-state index in [1.807, 2.05) is 6.92 Å². The molecule has 1 saturated carbocycles. The van der Waals surface area contributed by atoms with E-state index in [1.165, 1.54) is 24.1 Å². The highest BCUT2D eigenvalue weighted by Crippen LogP contribution is 2.62. The number of fused-ring (bicyclic) bond motifs is 5. The van der Waals surface area contributed by atoms with E-state index in [9.17, 15) is 4.79 Å². The quantitative estimate of drug-likeness (QED) is 0.693. The highest BCUT2D eigenvalue weighted by Gasteiger charge is 2.60. The Morgan fingerprint density at radius 1 is 1.22 bits per heavy atom. The number of carbonyl (C=O) groups excluding carboxylic acids is 1. The lowest BCUT2D eigenvalue weighted by Gasteiger charge is -2.35. The molecule has 1 atom stereocenters. The van der Waals surface area contributed by atoms with Crippen molar-refractivity contribution in [2.45, 2.75) is 44.6 Å². The van der Waals surface area contributed by atoms with Crippen LogP contribution in [0.3, 0.4) is 0 Å². The Balaban J connectivity index is 1.97. The molecule has 1 fully saturated rings. The van der Waals surface area contributed by atoms with Crippen molar-refractivity contribution in [2.24, 2.45) is 0 Å². The third-order valence-electron chi connectivity index (χ3n) is 5.14. The summed E-state index contributed by atoms with van der Waals surface area (Å²) in [5.41, 5.74) is 5.20. The van der Waals surface area contributed by atoms with Crippen LogP contribution < -0.4 is 4.90 Å². The average molecular weight is 239 g/mol. The fourth-order valence-electron chi connectivity index (χ4n) is 3.85. The van der Waals surface area contributed by atoms with Gasteiger partial charge in [-0.15, -0.1) is 0 Å². The van der Waals surface area contributed by atoms with Crippen molar-refractivity contribution in [3.63, 3.8) is 0 Å². The van der Waals surface area contributed by atoms with Gasteiger partial charge in [-0.3, -0.25) is 4.79 Å². The second-order valence-electron chi connectivity index (χ2n) is 5.90. The molecule has 1 aromatic rings. The highest BCUT2D eigenvalue weighted by molar-refractivity contribution is 5.99. The summed E-state index contributed by atoms with van der Waals surface area (Å²) in [7, 11) is 0. The Labute approximate surface area is 107 Å². The molecular weight excluding hydrogens is 222 g/mol. The third-order valence-corrected chi connectivity index (χ3v) is 5.14. The summed E-state index contributed by atoms with van der Waals surface area (Å²) in [6.07, 6.45) is 3.17. The molecule has 0 bridgehead atoms. The average Bonchev–Trinajstić information content (AvgIpc) is 3.12. The molecule has 0 amide bonds. The Kier molecular flexibility index (Phi) is 1.76. The van der Waals surface area contributed by atoms with Crippen LogP contribution in [-0.2, 0) is 10.2 Å². The van der Waals surface area contributed by atoms with Crippen LogP contribution in [-0.4, -0.2) is 11.8 Å². The zero-order chi connectivity index (χ0) is 12.5. The first-order valence-corrected chi connectivity index (χ1v) is 6.74. The Morgan fingerprint density at radius 3 is 2.67 bits per heavy atom. The van der Waals surface area contributed by atoms with Gasteiger partial charge in [0.25, 0.3) is 0 Å². The minimum absolute atomic E-state index is 0.286. The minimum Gasteiger partial charge on any atom is -0.340 e. The molecule has 92 valence electrons. The molecule has 1 aromatic carbocycles. The third kappa shape index (κ3) is 1.02. The molecule has 2 heteroatoms. The van der Waals surface area contributed by atoms with E-state index in [0.717, 1.165) is 11.3 Å². The van der Waals surface area contributed by atoms with Crippen molar-refractivity contribution < 1.29 is 4.79 Å². The van der Waals surface area contributed by atoms with E-state index >= 15 is 0 Å². The smallest absolute Gasteiger partial charge is 0.162 e. The zero-order valence-electron chi connectivity index (χ0n) is 10.9. The van der Waals surface area contributed by atoms with Crippen molar-refractivity contribution in [1.82, 2.24) is 0 Å². The van der Waals surface area contributed by atoms with E-state index in [2.05, 4.69) is 36.1 Å². The van der Waals surface area contributed by atoms with Crippen LogP contribution in [0.25, 0.3) is 0 Å². The number of allylic oxidation sites excluding steroid dienone is 2. The first kappa shape index (κ1) is 10.4. The number of hydrogen-bond donors (Lipinski definition) is 0. The molecule has 2 nitrogen and oxygen atoms in total. The normalized spacial score (nSPS) is 27.6. The predicted octanol–water partition coefficient (Wildman–Crippen LogP) is 3.17. The molecule has 2 heterocycles. The van der Waals surface area contributed by atoms with E-state index in [0.29, 0.717) is 18.2 Å². The van der Waals surface area contributed by atoms with Gasteiger partial charge in [0.15, 0.2) is 5.78 Å². The number of nitrogens with zero attached hydrogens (tertiary/aromatic N) is 1. The Bertz CT molecular complexity index is 595. The second kappa shape index (κ2) is 3.05. The summed E-state index contributed by atoms with van der Waals surface area (Å²) >= 11 is 0. The van der Waals surface area contributed by atoms with Crippen LogP contribution >= 0.6 is 0 Å². The fourth-order valence-corrected chi connectivity index (χ4v) is 3.85. The standard InChI is InChI=1S/C16H17NO/c1-10-11(2)17-13-6-4-3-5-12(13)16(7-8-16)15(17)9-14(10)18/h3-6,15H,7-9H2,1-2H3. The van der Waals surface area contributed by atoms with E-state index in [1.54, 1.807) is 0 Å². The topological polar surface area (TPSA) is 20.3 Å². The molecule has 1 spiro atoms. The molecule has 1 aliphatic carbocycles. The molecule has 3 aliphatic rings. The molecule has 0 N–H and O–H groups in total. The summed E-state index contributed by atoms with van der Waals surface area (Å²) < 4.78 is 0. The molecule has 18 heavy (non-hydrogen) atoms. The first-order valence-electron chi connectivity index (χ1n) is 6.74. The maximum atomic E-state index is 12.1. The van der Waals surface area contributed by atoms with E-state index < -0.39 is 0 Å².